The Kier molecular flexibility index (Phi) is 7.80. The van der Waals surface area contributed by atoms with Gasteiger partial charge in [0.25, 0.3) is 5.91 Å². The largest absolute Gasteiger partial charge is 0.490 e. The quantitative estimate of drug-likeness (QED) is 0.659. The minimum absolute atomic E-state index is 0.286. The van der Waals surface area contributed by atoms with Crippen LogP contribution in [0.3, 0.4) is 0 Å². The van der Waals surface area contributed by atoms with Crippen molar-refractivity contribution < 1.29 is 28.2 Å². The SMILES string of the molecule is CCCOc1ccccc1OCC(=O)O[C@@H](C)C(=O)Nc1ccc(C)c(F)c1. The van der Waals surface area contributed by atoms with E-state index < -0.39 is 23.8 Å². The van der Waals surface area contributed by atoms with Crippen LogP contribution in [-0.4, -0.2) is 31.2 Å². The molecule has 7 heteroatoms. The van der Waals surface area contributed by atoms with Crippen LogP contribution in [0, 0.1) is 12.7 Å². The number of carbonyl (C=O) groups excluding carboxylic acids is 2. The van der Waals surface area contributed by atoms with Crippen molar-refractivity contribution in [1.29, 1.82) is 0 Å². The number of amides is 1. The molecular weight excluding hydrogens is 365 g/mol. The summed E-state index contributed by atoms with van der Waals surface area (Å²) in [7, 11) is 0. The Bertz CT molecular complexity index is 824. The van der Waals surface area contributed by atoms with Crippen LogP contribution in [0.4, 0.5) is 10.1 Å². The Morgan fingerprint density at radius 3 is 2.43 bits per heavy atom. The molecule has 0 fully saturated rings. The number of halogens is 1. The molecule has 0 saturated heterocycles. The number of rotatable bonds is 9. The summed E-state index contributed by atoms with van der Waals surface area (Å²) in [5, 5.41) is 2.50. The number of anilines is 1. The molecule has 28 heavy (non-hydrogen) atoms. The van der Waals surface area contributed by atoms with Gasteiger partial charge in [-0.3, -0.25) is 4.79 Å². The molecule has 0 bridgehead atoms. The Labute approximate surface area is 163 Å². The highest BCUT2D eigenvalue weighted by Crippen LogP contribution is 2.26. The van der Waals surface area contributed by atoms with Crippen molar-refractivity contribution in [2.24, 2.45) is 0 Å². The third-order valence-corrected chi connectivity index (χ3v) is 3.77. The molecule has 0 heterocycles. The number of nitrogens with one attached hydrogen (secondary N) is 1. The minimum Gasteiger partial charge on any atom is -0.490 e. The summed E-state index contributed by atoms with van der Waals surface area (Å²) in [5.74, 6) is -0.754. The van der Waals surface area contributed by atoms with Gasteiger partial charge in [-0.2, -0.15) is 0 Å². The summed E-state index contributed by atoms with van der Waals surface area (Å²) in [6.07, 6.45) is -0.222. The van der Waals surface area contributed by atoms with Gasteiger partial charge in [-0.25, -0.2) is 9.18 Å². The molecule has 0 aliphatic heterocycles. The van der Waals surface area contributed by atoms with Crippen LogP contribution in [0.25, 0.3) is 0 Å². The fourth-order valence-electron chi connectivity index (χ4n) is 2.24. The molecule has 0 aliphatic carbocycles. The van der Waals surface area contributed by atoms with Crippen molar-refractivity contribution in [2.45, 2.75) is 33.3 Å². The monoisotopic (exact) mass is 389 g/mol. The highest BCUT2D eigenvalue weighted by atomic mass is 19.1. The summed E-state index contributed by atoms with van der Waals surface area (Å²) in [4.78, 5) is 24.1. The van der Waals surface area contributed by atoms with E-state index in [-0.39, 0.29) is 12.3 Å². The molecule has 2 aromatic carbocycles. The Morgan fingerprint density at radius 2 is 1.79 bits per heavy atom. The number of aryl methyl sites for hydroxylation is 1. The third-order valence-electron chi connectivity index (χ3n) is 3.77. The zero-order valence-corrected chi connectivity index (χ0v) is 16.2. The van der Waals surface area contributed by atoms with E-state index in [9.17, 15) is 14.0 Å². The lowest BCUT2D eigenvalue weighted by Crippen LogP contribution is -2.31. The van der Waals surface area contributed by atoms with Gasteiger partial charge in [0.1, 0.15) is 5.82 Å². The fraction of sp³-hybridized carbons (Fsp3) is 0.333. The average molecular weight is 389 g/mol. The maximum Gasteiger partial charge on any atom is 0.344 e. The van der Waals surface area contributed by atoms with Gasteiger partial charge in [-0.15, -0.1) is 0 Å². The van der Waals surface area contributed by atoms with E-state index in [1.807, 2.05) is 6.92 Å². The van der Waals surface area contributed by atoms with Crippen LogP contribution >= 0.6 is 0 Å². The Balaban J connectivity index is 1.85. The number of para-hydroxylation sites is 2. The Hall–Kier alpha value is -3.09. The molecule has 0 saturated carbocycles. The average Bonchev–Trinajstić information content (AvgIpc) is 2.68. The second-order valence-electron chi connectivity index (χ2n) is 6.17. The highest BCUT2D eigenvalue weighted by Gasteiger charge is 2.19. The molecule has 1 N–H and O–H groups in total. The molecule has 150 valence electrons. The maximum absolute atomic E-state index is 13.5. The molecule has 2 aromatic rings. The van der Waals surface area contributed by atoms with Crippen molar-refractivity contribution in [3.05, 3.63) is 53.8 Å². The van der Waals surface area contributed by atoms with E-state index in [4.69, 9.17) is 14.2 Å². The summed E-state index contributed by atoms with van der Waals surface area (Å²) < 4.78 is 29.6. The zero-order valence-electron chi connectivity index (χ0n) is 16.2. The lowest BCUT2D eigenvalue weighted by atomic mass is 10.2. The van der Waals surface area contributed by atoms with Gasteiger partial charge in [-0.05, 0) is 50.1 Å². The van der Waals surface area contributed by atoms with Crippen LogP contribution in [0.5, 0.6) is 11.5 Å². The predicted molar refractivity (Wildman–Crippen MR) is 103 cm³/mol. The summed E-state index contributed by atoms with van der Waals surface area (Å²) in [6.45, 7) is 5.19. The number of benzene rings is 2. The van der Waals surface area contributed by atoms with Crippen molar-refractivity contribution >= 4 is 17.6 Å². The summed E-state index contributed by atoms with van der Waals surface area (Å²) in [6, 6.07) is 11.3. The van der Waals surface area contributed by atoms with Gasteiger partial charge in [0, 0.05) is 5.69 Å². The minimum atomic E-state index is -1.06. The molecule has 6 nitrogen and oxygen atoms in total. The summed E-state index contributed by atoms with van der Waals surface area (Å²) >= 11 is 0. The van der Waals surface area contributed by atoms with E-state index in [2.05, 4.69) is 5.32 Å². The van der Waals surface area contributed by atoms with Gasteiger partial charge in [0.15, 0.2) is 24.2 Å². The molecule has 0 unspecified atom stereocenters. The lowest BCUT2D eigenvalue weighted by molar-refractivity contribution is -0.155. The van der Waals surface area contributed by atoms with Crippen molar-refractivity contribution in [3.63, 3.8) is 0 Å². The zero-order chi connectivity index (χ0) is 20.5. The highest BCUT2D eigenvalue weighted by molar-refractivity contribution is 5.95. The molecule has 0 spiro atoms. The first-order valence-corrected chi connectivity index (χ1v) is 9.01. The number of hydrogen-bond acceptors (Lipinski definition) is 5. The van der Waals surface area contributed by atoms with Crippen LogP contribution in [0.1, 0.15) is 25.8 Å². The molecular formula is C21H24FNO5. The van der Waals surface area contributed by atoms with Gasteiger partial charge in [-0.1, -0.05) is 25.1 Å². The first-order valence-electron chi connectivity index (χ1n) is 9.01. The van der Waals surface area contributed by atoms with Crippen molar-refractivity contribution in [1.82, 2.24) is 0 Å². The number of ether oxygens (including phenoxy) is 3. The van der Waals surface area contributed by atoms with E-state index in [0.717, 1.165) is 6.42 Å². The number of hydrogen-bond donors (Lipinski definition) is 1. The smallest absolute Gasteiger partial charge is 0.344 e. The van der Waals surface area contributed by atoms with Gasteiger partial charge < -0.3 is 19.5 Å². The third kappa shape index (κ3) is 6.26. The molecule has 1 amide bonds. The van der Waals surface area contributed by atoms with Crippen molar-refractivity contribution in [2.75, 3.05) is 18.5 Å². The van der Waals surface area contributed by atoms with Gasteiger partial charge in [0.05, 0.1) is 6.61 Å². The van der Waals surface area contributed by atoms with Gasteiger partial charge in [0.2, 0.25) is 0 Å². The second kappa shape index (κ2) is 10.3. The molecule has 0 aliphatic rings. The van der Waals surface area contributed by atoms with E-state index >= 15 is 0 Å². The van der Waals surface area contributed by atoms with E-state index in [1.165, 1.54) is 13.0 Å². The normalized spacial score (nSPS) is 11.4. The first-order chi connectivity index (χ1) is 13.4. The van der Waals surface area contributed by atoms with Gasteiger partial charge >= 0.3 is 5.97 Å². The maximum atomic E-state index is 13.5. The predicted octanol–water partition coefficient (Wildman–Crippen LogP) is 3.87. The Morgan fingerprint density at radius 1 is 1.11 bits per heavy atom. The van der Waals surface area contributed by atoms with Crippen LogP contribution in [0.2, 0.25) is 0 Å². The van der Waals surface area contributed by atoms with E-state index in [0.29, 0.717) is 23.7 Å². The molecule has 1 atom stereocenters. The summed E-state index contributed by atoms with van der Waals surface area (Å²) in [5.41, 5.74) is 0.757. The topological polar surface area (TPSA) is 73.9 Å². The number of esters is 1. The number of carbonyl (C=O) groups is 2. The second-order valence-corrected chi connectivity index (χ2v) is 6.17. The standard InChI is InChI=1S/C21H24FNO5/c1-4-11-26-18-7-5-6-8-19(18)27-13-20(24)28-15(3)21(25)23-16-10-9-14(2)17(22)12-16/h5-10,12,15H,4,11,13H2,1-3H3,(H,23,25)/t15-/m0/s1. The molecule has 0 radical (unpaired) electrons. The van der Waals surface area contributed by atoms with Crippen molar-refractivity contribution in [3.8, 4) is 11.5 Å². The lowest BCUT2D eigenvalue weighted by Gasteiger charge is -2.15. The van der Waals surface area contributed by atoms with E-state index in [1.54, 1.807) is 43.3 Å². The molecule has 2 rings (SSSR count). The van der Waals surface area contributed by atoms with Crippen LogP contribution < -0.4 is 14.8 Å². The first kappa shape index (κ1) is 21.2. The van der Waals surface area contributed by atoms with Crippen LogP contribution in [0.15, 0.2) is 42.5 Å². The molecule has 0 aromatic heterocycles. The fourth-order valence-corrected chi connectivity index (χ4v) is 2.24. The van der Waals surface area contributed by atoms with Crippen LogP contribution in [-0.2, 0) is 14.3 Å².